The lowest BCUT2D eigenvalue weighted by atomic mass is 10.0. The highest BCUT2D eigenvalue weighted by Crippen LogP contribution is 2.23. The van der Waals surface area contributed by atoms with Crippen LogP contribution in [0, 0.1) is 0 Å². The van der Waals surface area contributed by atoms with E-state index < -0.39 is 5.97 Å². The number of esters is 1. The number of benzene rings is 2. The monoisotopic (exact) mass is 349 g/mol. The first-order valence-corrected chi connectivity index (χ1v) is 8.30. The average Bonchev–Trinajstić information content (AvgIpc) is 3.15. The van der Waals surface area contributed by atoms with Crippen LogP contribution in [0.25, 0.3) is 11.1 Å². The summed E-state index contributed by atoms with van der Waals surface area (Å²) in [6.45, 7) is 0. The van der Waals surface area contributed by atoms with Crippen LogP contribution in [0.3, 0.4) is 0 Å². The van der Waals surface area contributed by atoms with E-state index in [0.717, 1.165) is 11.3 Å². The van der Waals surface area contributed by atoms with Crippen LogP contribution in [0.5, 0.6) is 0 Å². The molecule has 0 saturated heterocycles. The van der Waals surface area contributed by atoms with Crippen molar-refractivity contribution in [1.29, 1.82) is 0 Å². The molecule has 0 spiro atoms. The van der Waals surface area contributed by atoms with Crippen molar-refractivity contribution in [3.05, 3.63) is 72.2 Å². The van der Waals surface area contributed by atoms with E-state index in [2.05, 4.69) is 48.1 Å². The zero-order chi connectivity index (χ0) is 18.5. The second kappa shape index (κ2) is 7.80. The fourth-order valence-corrected chi connectivity index (χ4v) is 2.51. The van der Waals surface area contributed by atoms with Crippen LogP contribution >= 0.6 is 0 Å². The number of ether oxygens (including phenoxy) is 1. The summed E-state index contributed by atoms with van der Waals surface area (Å²) in [7, 11) is 5.53. The number of carbonyl (C=O) groups excluding carboxylic acids is 1. The molecule has 0 saturated carbocycles. The summed E-state index contributed by atoms with van der Waals surface area (Å²) in [5.74, 6) is 0.152. The maximum absolute atomic E-state index is 11.4. The quantitative estimate of drug-likeness (QED) is 0.568. The molecule has 2 aromatic carbocycles. The molecule has 0 radical (unpaired) electrons. The molecule has 132 valence electrons. The maximum Gasteiger partial charge on any atom is 0.373 e. The number of aliphatic imine (C=N–C) groups is 1. The molecule has 5 nitrogen and oxygen atoms in total. The Balaban J connectivity index is 1.71. The highest BCUT2D eigenvalue weighted by atomic mass is 16.5. The summed E-state index contributed by atoms with van der Waals surface area (Å²) in [5.41, 5.74) is 4.35. The second-order valence-electron chi connectivity index (χ2n) is 6.08. The zero-order valence-electron chi connectivity index (χ0n) is 15.0. The van der Waals surface area contributed by atoms with Gasteiger partial charge < -0.3 is 14.1 Å². The van der Waals surface area contributed by atoms with Crippen LogP contribution in [0.2, 0.25) is 0 Å². The Morgan fingerprint density at radius 2 is 1.58 bits per heavy atom. The Kier molecular flexibility index (Phi) is 5.29. The molecule has 0 bridgehead atoms. The number of rotatable bonds is 5. The summed E-state index contributed by atoms with van der Waals surface area (Å²) in [6, 6.07) is 19.7. The van der Waals surface area contributed by atoms with Crippen molar-refractivity contribution in [3.63, 3.8) is 0 Å². The number of nitrogens with zero attached hydrogens (tertiary/aromatic N) is 1. The molecular weight excluding hydrogens is 328 g/mol. The third kappa shape index (κ3) is 4.07. The minimum absolute atomic E-state index is 0.160. The minimum atomic E-state index is -0.504. The highest BCUT2D eigenvalue weighted by Gasteiger charge is 2.09. The molecule has 5 heteroatoms. The number of methoxy groups -OCH3 is 1. The number of furan rings is 1. The lowest BCUT2D eigenvalue weighted by Crippen LogP contribution is -3.00. The maximum atomic E-state index is 11.4. The molecule has 1 aromatic heterocycles. The molecular formula is C21H21N2O3+. The Labute approximate surface area is 152 Å². The van der Waals surface area contributed by atoms with Crippen molar-refractivity contribution >= 4 is 23.6 Å². The molecule has 0 unspecified atom stereocenters. The smallest absolute Gasteiger partial charge is 0.373 e. The van der Waals surface area contributed by atoms with E-state index in [1.54, 1.807) is 18.3 Å². The van der Waals surface area contributed by atoms with E-state index in [0.29, 0.717) is 5.76 Å². The van der Waals surface area contributed by atoms with Gasteiger partial charge in [-0.15, -0.1) is 0 Å². The predicted molar refractivity (Wildman–Crippen MR) is 102 cm³/mol. The molecule has 0 amide bonds. The SMILES string of the molecule is COC(=O)c1ccc(C=Nc2ccc(-c3ccc([NH+](C)C)cc3)cc2)o1. The first-order valence-electron chi connectivity index (χ1n) is 8.30. The van der Waals surface area contributed by atoms with Crippen molar-refractivity contribution in [2.45, 2.75) is 0 Å². The van der Waals surface area contributed by atoms with Gasteiger partial charge in [-0.05, 0) is 59.7 Å². The van der Waals surface area contributed by atoms with E-state index in [1.807, 2.05) is 24.3 Å². The van der Waals surface area contributed by atoms with Gasteiger partial charge in [0.05, 0.1) is 33.1 Å². The molecule has 1 N–H and O–H groups in total. The molecule has 3 aromatic rings. The van der Waals surface area contributed by atoms with Crippen molar-refractivity contribution in [3.8, 4) is 11.1 Å². The summed E-state index contributed by atoms with van der Waals surface area (Å²) in [4.78, 5) is 17.0. The Hall–Kier alpha value is -3.18. The number of hydrogen-bond acceptors (Lipinski definition) is 4. The van der Waals surface area contributed by atoms with Crippen LogP contribution in [-0.2, 0) is 4.74 Å². The predicted octanol–water partition coefficient (Wildman–Crippen LogP) is 3.26. The van der Waals surface area contributed by atoms with Gasteiger partial charge in [0.25, 0.3) is 0 Å². The van der Waals surface area contributed by atoms with Crippen LogP contribution in [-0.4, -0.2) is 33.4 Å². The number of hydrogen-bond donors (Lipinski definition) is 1. The first kappa shape index (κ1) is 17.6. The van der Waals surface area contributed by atoms with Gasteiger partial charge in [0.2, 0.25) is 5.76 Å². The van der Waals surface area contributed by atoms with Gasteiger partial charge in [0.15, 0.2) is 0 Å². The molecule has 0 fully saturated rings. The molecule has 26 heavy (non-hydrogen) atoms. The van der Waals surface area contributed by atoms with Gasteiger partial charge in [-0.25, -0.2) is 4.79 Å². The molecule has 0 atom stereocenters. The second-order valence-corrected chi connectivity index (χ2v) is 6.08. The van der Waals surface area contributed by atoms with Gasteiger partial charge in [-0.1, -0.05) is 12.1 Å². The van der Waals surface area contributed by atoms with Gasteiger partial charge in [-0.3, -0.25) is 4.99 Å². The van der Waals surface area contributed by atoms with Crippen LogP contribution < -0.4 is 4.90 Å². The topological polar surface area (TPSA) is 56.2 Å². The molecule has 1 heterocycles. The average molecular weight is 349 g/mol. The summed E-state index contributed by atoms with van der Waals surface area (Å²) >= 11 is 0. The van der Waals surface area contributed by atoms with Crippen molar-refractivity contribution in [2.24, 2.45) is 4.99 Å². The standard InChI is InChI=1S/C21H20N2O3/c1-23(2)18-10-6-16(7-11-18)15-4-8-17(9-5-15)22-14-19-12-13-20(26-19)21(24)25-3/h4-14H,1-3H3/p+1. The van der Waals surface area contributed by atoms with Gasteiger partial charge in [-0.2, -0.15) is 0 Å². The van der Waals surface area contributed by atoms with Gasteiger partial charge >= 0.3 is 5.97 Å². The van der Waals surface area contributed by atoms with E-state index in [-0.39, 0.29) is 5.76 Å². The van der Waals surface area contributed by atoms with E-state index in [4.69, 9.17) is 4.42 Å². The number of quaternary nitrogens is 1. The summed E-state index contributed by atoms with van der Waals surface area (Å²) < 4.78 is 9.97. The third-order valence-electron chi connectivity index (χ3n) is 4.02. The fourth-order valence-electron chi connectivity index (χ4n) is 2.51. The third-order valence-corrected chi connectivity index (χ3v) is 4.02. The first-order chi connectivity index (χ1) is 12.6. The Morgan fingerprint density at radius 3 is 2.15 bits per heavy atom. The van der Waals surface area contributed by atoms with E-state index in [9.17, 15) is 4.79 Å². The fraction of sp³-hybridized carbons (Fsp3) is 0.143. The van der Waals surface area contributed by atoms with Crippen molar-refractivity contribution in [1.82, 2.24) is 0 Å². The van der Waals surface area contributed by atoms with Gasteiger partial charge in [0, 0.05) is 0 Å². The van der Waals surface area contributed by atoms with Crippen LogP contribution in [0.15, 0.2) is 70.1 Å². The zero-order valence-corrected chi connectivity index (χ0v) is 15.0. The molecule has 0 aliphatic heterocycles. The number of nitrogens with one attached hydrogen (secondary N) is 1. The van der Waals surface area contributed by atoms with Crippen molar-refractivity contribution in [2.75, 3.05) is 21.2 Å². The van der Waals surface area contributed by atoms with Gasteiger partial charge in [0.1, 0.15) is 11.4 Å². The lowest BCUT2D eigenvalue weighted by molar-refractivity contribution is -0.786. The minimum Gasteiger partial charge on any atom is -0.463 e. The van der Waals surface area contributed by atoms with Crippen molar-refractivity contribution < 1.29 is 18.8 Å². The largest absolute Gasteiger partial charge is 0.463 e. The number of carbonyl (C=O) groups is 1. The molecule has 0 aliphatic rings. The highest BCUT2D eigenvalue weighted by molar-refractivity contribution is 5.88. The lowest BCUT2D eigenvalue weighted by Gasteiger charge is -2.07. The Bertz CT molecular complexity index is 907. The van der Waals surface area contributed by atoms with E-state index in [1.165, 1.54) is 23.3 Å². The van der Waals surface area contributed by atoms with Crippen LogP contribution in [0.4, 0.5) is 11.4 Å². The normalized spacial score (nSPS) is 11.2. The molecule has 0 aliphatic carbocycles. The summed E-state index contributed by atoms with van der Waals surface area (Å²) in [6.07, 6.45) is 1.58. The molecule has 3 rings (SSSR count). The Morgan fingerprint density at radius 1 is 0.962 bits per heavy atom. The van der Waals surface area contributed by atoms with Crippen LogP contribution in [0.1, 0.15) is 16.3 Å². The van der Waals surface area contributed by atoms with E-state index >= 15 is 0 Å². The summed E-state index contributed by atoms with van der Waals surface area (Å²) in [5, 5.41) is 0.